The fourth-order valence-corrected chi connectivity index (χ4v) is 3.36. The first-order valence-electron chi connectivity index (χ1n) is 6.58. The van der Waals surface area contributed by atoms with E-state index in [4.69, 9.17) is 0 Å². The molecule has 1 amide bonds. The number of aromatic amines is 2. The largest absolute Gasteiger partial charge is 0.349 e. The lowest BCUT2D eigenvalue weighted by Crippen LogP contribution is -2.25. The highest BCUT2D eigenvalue weighted by Gasteiger charge is 2.15. The SMILES string of the molecule is O=C(Cc1n[nH]c(=O)[nH]1)NCc1nc2c(s1)CCCC2. The summed E-state index contributed by atoms with van der Waals surface area (Å²) in [5, 5.41) is 9.67. The zero-order valence-electron chi connectivity index (χ0n) is 10.9. The summed E-state index contributed by atoms with van der Waals surface area (Å²) in [6.45, 7) is 0.436. The summed E-state index contributed by atoms with van der Waals surface area (Å²) >= 11 is 1.68. The molecule has 0 unspecified atom stereocenters. The third kappa shape index (κ3) is 2.96. The highest BCUT2D eigenvalue weighted by molar-refractivity contribution is 7.11. The average Bonchev–Trinajstić information content (AvgIpc) is 3.02. The molecule has 0 atom stereocenters. The quantitative estimate of drug-likeness (QED) is 0.754. The molecule has 0 saturated heterocycles. The Labute approximate surface area is 118 Å². The van der Waals surface area contributed by atoms with E-state index in [0.29, 0.717) is 12.4 Å². The molecule has 0 fully saturated rings. The fraction of sp³-hybridized carbons (Fsp3) is 0.500. The normalized spacial score (nSPS) is 14.0. The number of aromatic nitrogens is 4. The van der Waals surface area contributed by atoms with Gasteiger partial charge in [-0.05, 0) is 25.7 Å². The van der Waals surface area contributed by atoms with Crippen LogP contribution in [0.4, 0.5) is 0 Å². The summed E-state index contributed by atoms with van der Waals surface area (Å²) in [4.78, 5) is 30.9. The molecule has 3 N–H and O–H groups in total. The summed E-state index contributed by atoms with van der Waals surface area (Å²) in [6, 6.07) is 0. The molecule has 1 aliphatic carbocycles. The zero-order valence-corrected chi connectivity index (χ0v) is 11.7. The van der Waals surface area contributed by atoms with Crippen molar-refractivity contribution in [2.75, 3.05) is 0 Å². The fourth-order valence-electron chi connectivity index (χ4n) is 2.26. The lowest BCUT2D eigenvalue weighted by molar-refractivity contribution is -0.120. The number of amides is 1. The van der Waals surface area contributed by atoms with Crippen LogP contribution in [0.2, 0.25) is 0 Å². The molecule has 106 valence electrons. The molecule has 8 heteroatoms. The maximum atomic E-state index is 11.7. The van der Waals surface area contributed by atoms with Gasteiger partial charge in [0, 0.05) is 4.88 Å². The van der Waals surface area contributed by atoms with Crippen molar-refractivity contribution in [3.05, 3.63) is 31.9 Å². The number of aryl methyl sites for hydroxylation is 2. The van der Waals surface area contributed by atoms with E-state index in [-0.39, 0.29) is 12.3 Å². The Bertz CT molecular complexity index is 648. The molecule has 0 aliphatic heterocycles. The number of hydrogen-bond acceptors (Lipinski definition) is 5. The smallest absolute Gasteiger partial charge is 0.340 e. The number of carbonyl (C=O) groups is 1. The number of nitrogens with one attached hydrogen (secondary N) is 3. The van der Waals surface area contributed by atoms with Crippen molar-refractivity contribution in [1.82, 2.24) is 25.5 Å². The van der Waals surface area contributed by atoms with E-state index < -0.39 is 5.69 Å². The first-order chi connectivity index (χ1) is 9.70. The van der Waals surface area contributed by atoms with Crippen LogP contribution >= 0.6 is 11.3 Å². The van der Waals surface area contributed by atoms with Crippen LogP contribution in [0.3, 0.4) is 0 Å². The van der Waals surface area contributed by atoms with E-state index in [9.17, 15) is 9.59 Å². The predicted molar refractivity (Wildman–Crippen MR) is 73.5 cm³/mol. The molecule has 3 rings (SSSR count). The van der Waals surface area contributed by atoms with Crippen LogP contribution in [-0.4, -0.2) is 26.1 Å². The molecule has 20 heavy (non-hydrogen) atoms. The van der Waals surface area contributed by atoms with Crippen LogP contribution in [0.1, 0.15) is 34.2 Å². The van der Waals surface area contributed by atoms with Crippen LogP contribution in [0, 0.1) is 0 Å². The first kappa shape index (κ1) is 13.0. The first-order valence-corrected chi connectivity index (χ1v) is 7.40. The van der Waals surface area contributed by atoms with Crippen LogP contribution in [0.5, 0.6) is 0 Å². The number of fused-ring (bicyclic) bond motifs is 1. The second-order valence-corrected chi connectivity index (χ2v) is 5.93. The van der Waals surface area contributed by atoms with Gasteiger partial charge in [-0.25, -0.2) is 14.9 Å². The molecule has 2 aromatic rings. The number of nitrogens with zero attached hydrogens (tertiary/aromatic N) is 2. The van der Waals surface area contributed by atoms with Gasteiger partial charge in [0.2, 0.25) is 5.91 Å². The Morgan fingerprint density at radius 2 is 2.20 bits per heavy atom. The maximum absolute atomic E-state index is 11.7. The van der Waals surface area contributed by atoms with E-state index in [2.05, 4.69) is 25.5 Å². The minimum Gasteiger partial charge on any atom is -0.349 e. The van der Waals surface area contributed by atoms with Crippen molar-refractivity contribution in [3.63, 3.8) is 0 Å². The van der Waals surface area contributed by atoms with Crippen molar-refractivity contribution < 1.29 is 4.79 Å². The number of thiazole rings is 1. The number of hydrogen-bond donors (Lipinski definition) is 3. The average molecular weight is 293 g/mol. The summed E-state index contributed by atoms with van der Waals surface area (Å²) in [5.41, 5.74) is 0.794. The number of rotatable bonds is 4. The third-order valence-electron chi connectivity index (χ3n) is 3.20. The molecule has 7 nitrogen and oxygen atoms in total. The van der Waals surface area contributed by atoms with E-state index in [1.807, 2.05) is 0 Å². The summed E-state index contributed by atoms with van der Waals surface area (Å²) < 4.78 is 0. The summed E-state index contributed by atoms with van der Waals surface area (Å²) in [6.07, 6.45) is 4.65. The predicted octanol–water partition coefficient (Wildman–Crippen LogP) is 0.292. The Balaban J connectivity index is 1.55. The highest BCUT2D eigenvalue weighted by Crippen LogP contribution is 2.26. The van der Waals surface area contributed by atoms with Gasteiger partial charge < -0.3 is 5.32 Å². The van der Waals surface area contributed by atoms with Crippen molar-refractivity contribution in [1.29, 1.82) is 0 Å². The van der Waals surface area contributed by atoms with Crippen LogP contribution in [-0.2, 0) is 30.6 Å². The van der Waals surface area contributed by atoms with Crippen molar-refractivity contribution in [2.45, 2.75) is 38.6 Å². The zero-order chi connectivity index (χ0) is 13.9. The lowest BCUT2D eigenvalue weighted by Gasteiger charge is -2.06. The van der Waals surface area contributed by atoms with Gasteiger partial charge in [-0.1, -0.05) is 0 Å². The van der Waals surface area contributed by atoms with Gasteiger partial charge in [-0.3, -0.25) is 9.78 Å². The van der Waals surface area contributed by atoms with Crippen molar-refractivity contribution in [2.24, 2.45) is 0 Å². The molecule has 0 aromatic carbocycles. The van der Waals surface area contributed by atoms with Gasteiger partial charge >= 0.3 is 5.69 Å². The van der Waals surface area contributed by atoms with Gasteiger partial charge in [0.25, 0.3) is 0 Å². The molecule has 2 aromatic heterocycles. The van der Waals surface area contributed by atoms with E-state index in [1.165, 1.54) is 23.4 Å². The Kier molecular flexibility index (Phi) is 3.64. The summed E-state index contributed by atoms with van der Waals surface area (Å²) in [5.74, 6) is 0.159. The minimum absolute atomic E-state index is 0.0594. The molecule has 0 saturated carbocycles. The van der Waals surface area contributed by atoms with Gasteiger partial charge in [-0.2, -0.15) is 5.10 Å². The highest BCUT2D eigenvalue weighted by atomic mass is 32.1. The van der Waals surface area contributed by atoms with Gasteiger partial charge in [0.1, 0.15) is 10.8 Å². The van der Waals surface area contributed by atoms with Crippen LogP contribution in [0.25, 0.3) is 0 Å². The van der Waals surface area contributed by atoms with Crippen molar-refractivity contribution >= 4 is 17.2 Å². The molecule has 0 spiro atoms. The molecule has 0 bridgehead atoms. The Morgan fingerprint density at radius 1 is 1.35 bits per heavy atom. The van der Waals surface area contributed by atoms with Gasteiger partial charge in [-0.15, -0.1) is 11.3 Å². The van der Waals surface area contributed by atoms with Gasteiger partial charge in [0.15, 0.2) is 0 Å². The monoisotopic (exact) mass is 293 g/mol. The van der Waals surface area contributed by atoms with E-state index in [0.717, 1.165) is 17.8 Å². The second kappa shape index (κ2) is 5.58. The van der Waals surface area contributed by atoms with Crippen LogP contribution < -0.4 is 11.0 Å². The van der Waals surface area contributed by atoms with Gasteiger partial charge in [0.05, 0.1) is 18.7 Å². The molecule has 2 heterocycles. The molecular formula is C12H15N5O2S. The second-order valence-electron chi connectivity index (χ2n) is 4.76. The Hall–Kier alpha value is -1.96. The maximum Gasteiger partial charge on any atom is 0.340 e. The van der Waals surface area contributed by atoms with E-state index in [1.54, 1.807) is 11.3 Å². The number of carbonyl (C=O) groups excluding carboxylic acids is 1. The topological polar surface area (TPSA) is 104 Å². The standard InChI is InChI=1S/C12H15N5O2S/c18-10(5-9-15-12(19)17-16-9)13-6-11-14-7-3-1-2-4-8(7)20-11/h1-6H2,(H,13,18)(H2,15,16,17,19). The van der Waals surface area contributed by atoms with Crippen LogP contribution in [0.15, 0.2) is 4.79 Å². The van der Waals surface area contributed by atoms with E-state index >= 15 is 0 Å². The molecule has 0 radical (unpaired) electrons. The van der Waals surface area contributed by atoms with Crippen molar-refractivity contribution in [3.8, 4) is 0 Å². The molecule has 1 aliphatic rings. The molecular weight excluding hydrogens is 278 g/mol. The number of H-pyrrole nitrogens is 2. The summed E-state index contributed by atoms with van der Waals surface area (Å²) in [7, 11) is 0. The minimum atomic E-state index is -0.402. The lowest BCUT2D eigenvalue weighted by atomic mass is 10.0. The Morgan fingerprint density at radius 3 is 2.95 bits per heavy atom. The third-order valence-corrected chi connectivity index (χ3v) is 4.36.